The predicted molar refractivity (Wildman–Crippen MR) is 71.2 cm³/mol. The van der Waals surface area contributed by atoms with E-state index in [2.05, 4.69) is 12.6 Å². The summed E-state index contributed by atoms with van der Waals surface area (Å²) in [5.41, 5.74) is -4.70. The van der Waals surface area contributed by atoms with Gasteiger partial charge in [0, 0.05) is 5.25 Å². The van der Waals surface area contributed by atoms with Gasteiger partial charge in [0.2, 0.25) is 0 Å². The number of hydrogen-bond acceptors (Lipinski definition) is 3. The summed E-state index contributed by atoms with van der Waals surface area (Å²) in [5.74, 6) is -0.0635. The van der Waals surface area contributed by atoms with Gasteiger partial charge in [-0.25, -0.2) is 8.42 Å². The summed E-state index contributed by atoms with van der Waals surface area (Å²) >= 11 is 4.04. The van der Waals surface area contributed by atoms with Crippen molar-refractivity contribution in [1.82, 2.24) is 0 Å². The number of alkyl halides is 3. The number of rotatable bonds is 3. The van der Waals surface area contributed by atoms with E-state index in [1.807, 2.05) is 0 Å². The van der Waals surface area contributed by atoms with Crippen molar-refractivity contribution in [2.45, 2.75) is 42.3 Å². The van der Waals surface area contributed by atoms with Crippen molar-refractivity contribution in [1.29, 1.82) is 0 Å². The second-order valence-electron chi connectivity index (χ2n) is 4.58. The first-order valence-corrected chi connectivity index (χ1v) is 7.61. The predicted octanol–water partition coefficient (Wildman–Crippen LogP) is 4.09. The minimum absolute atomic E-state index is 0.0602. The van der Waals surface area contributed by atoms with Crippen LogP contribution in [0.3, 0.4) is 0 Å². The van der Waals surface area contributed by atoms with E-state index in [9.17, 15) is 21.6 Å². The molecule has 0 spiro atoms. The molecule has 108 valence electrons. The Morgan fingerprint density at radius 2 is 1.68 bits per heavy atom. The first kappa shape index (κ1) is 16.4. The molecule has 1 rings (SSSR count). The second-order valence-corrected chi connectivity index (χ2v) is 7.26. The molecule has 0 saturated heterocycles. The largest absolute Gasteiger partial charge is 0.501 e. The van der Waals surface area contributed by atoms with Gasteiger partial charge in [0.25, 0.3) is 9.84 Å². The molecule has 0 heterocycles. The summed E-state index contributed by atoms with van der Waals surface area (Å²) in [4.78, 5) is -0.700. The third-order valence-electron chi connectivity index (χ3n) is 2.75. The highest BCUT2D eigenvalue weighted by Gasteiger charge is 2.48. The average Bonchev–Trinajstić information content (AvgIpc) is 2.26. The van der Waals surface area contributed by atoms with Gasteiger partial charge in [-0.05, 0) is 30.0 Å². The Hall–Kier alpha value is -0.690. The van der Waals surface area contributed by atoms with Crippen molar-refractivity contribution in [3.05, 3.63) is 29.3 Å². The molecule has 2 nitrogen and oxygen atoms in total. The summed E-state index contributed by atoms with van der Waals surface area (Å²) in [6, 6.07) is 4.11. The first-order valence-electron chi connectivity index (χ1n) is 5.61. The summed E-state index contributed by atoms with van der Waals surface area (Å²) in [6.45, 7) is 5.09. The van der Waals surface area contributed by atoms with Crippen LogP contribution in [-0.4, -0.2) is 13.9 Å². The molecule has 1 atom stereocenters. The van der Waals surface area contributed by atoms with Crippen molar-refractivity contribution < 1.29 is 21.6 Å². The lowest BCUT2D eigenvalue weighted by Gasteiger charge is -2.17. The highest BCUT2D eigenvalue weighted by Crippen LogP contribution is 2.37. The molecular weight excluding hydrogens is 297 g/mol. The van der Waals surface area contributed by atoms with Gasteiger partial charge in [-0.3, -0.25) is 0 Å². The third kappa shape index (κ3) is 3.25. The molecule has 1 aromatic carbocycles. The monoisotopic (exact) mass is 312 g/mol. The smallest absolute Gasteiger partial charge is 0.214 e. The van der Waals surface area contributed by atoms with Crippen LogP contribution in [-0.2, 0) is 9.84 Å². The molecule has 0 fully saturated rings. The van der Waals surface area contributed by atoms with Crippen LogP contribution in [0.1, 0.15) is 43.1 Å². The zero-order chi connectivity index (χ0) is 15.0. The fourth-order valence-electron chi connectivity index (χ4n) is 1.61. The van der Waals surface area contributed by atoms with E-state index in [4.69, 9.17) is 0 Å². The molecular formula is C12H15F3O2S2. The Labute approximate surface area is 116 Å². The van der Waals surface area contributed by atoms with Crippen LogP contribution in [0.15, 0.2) is 23.1 Å². The Kier molecular flexibility index (Phi) is 4.62. The van der Waals surface area contributed by atoms with E-state index in [0.717, 1.165) is 6.07 Å². The lowest BCUT2D eigenvalue weighted by molar-refractivity contribution is -0.0436. The highest BCUT2D eigenvalue weighted by molar-refractivity contribution is 7.92. The summed E-state index contributed by atoms with van der Waals surface area (Å²) < 4.78 is 61.2. The maximum Gasteiger partial charge on any atom is 0.501 e. The molecule has 0 amide bonds. The molecule has 1 unspecified atom stereocenters. The molecule has 0 saturated carbocycles. The maximum absolute atomic E-state index is 12.7. The highest BCUT2D eigenvalue weighted by atomic mass is 32.2. The summed E-state index contributed by atoms with van der Waals surface area (Å²) in [7, 11) is -5.36. The third-order valence-corrected chi connectivity index (χ3v) is 4.57. The fraction of sp³-hybridized carbons (Fsp3) is 0.500. The Bertz CT molecular complexity index is 561. The molecule has 0 N–H and O–H groups in total. The van der Waals surface area contributed by atoms with Gasteiger partial charge in [0.05, 0.1) is 4.90 Å². The Balaban J connectivity index is 3.60. The topological polar surface area (TPSA) is 34.1 Å². The Morgan fingerprint density at radius 1 is 1.16 bits per heavy atom. The van der Waals surface area contributed by atoms with Crippen LogP contribution in [0.5, 0.6) is 0 Å². The van der Waals surface area contributed by atoms with Crippen LogP contribution >= 0.6 is 12.6 Å². The number of hydrogen-bond donors (Lipinski definition) is 1. The lowest BCUT2D eigenvalue weighted by atomic mass is 10.0. The van der Waals surface area contributed by atoms with E-state index in [0.29, 0.717) is 5.56 Å². The zero-order valence-corrected chi connectivity index (χ0v) is 12.4. The van der Waals surface area contributed by atoms with Crippen molar-refractivity contribution in [3.8, 4) is 0 Å². The molecule has 0 aliphatic rings. The van der Waals surface area contributed by atoms with Crippen LogP contribution in [0.4, 0.5) is 13.2 Å². The normalized spacial score (nSPS) is 14.7. The van der Waals surface area contributed by atoms with Crippen LogP contribution < -0.4 is 0 Å². The van der Waals surface area contributed by atoms with Gasteiger partial charge in [0.15, 0.2) is 0 Å². The molecule has 0 aliphatic heterocycles. The van der Waals surface area contributed by atoms with Gasteiger partial charge in [-0.15, -0.1) is 0 Å². The van der Waals surface area contributed by atoms with Crippen LogP contribution in [0, 0.1) is 0 Å². The van der Waals surface area contributed by atoms with Gasteiger partial charge >= 0.3 is 5.51 Å². The zero-order valence-electron chi connectivity index (χ0n) is 10.7. The number of benzene rings is 1. The summed E-state index contributed by atoms with van der Waals surface area (Å²) in [5, 5.41) is -0.603. The molecule has 7 heteroatoms. The number of sulfone groups is 1. The minimum Gasteiger partial charge on any atom is -0.214 e. The van der Waals surface area contributed by atoms with Crippen molar-refractivity contribution in [3.63, 3.8) is 0 Å². The molecule has 0 aromatic heterocycles. The molecule has 1 aromatic rings. The lowest BCUT2D eigenvalue weighted by Crippen LogP contribution is -2.24. The van der Waals surface area contributed by atoms with Gasteiger partial charge in [-0.2, -0.15) is 25.8 Å². The van der Waals surface area contributed by atoms with E-state index in [1.54, 1.807) is 19.9 Å². The molecule has 0 aliphatic carbocycles. The molecule has 0 radical (unpaired) electrons. The van der Waals surface area contributed by atoms with Crippen LogP contribution in [0.25, 0.3) is 0 Å². The average molecular weight is 312 g/mol. The van der Waals surface area contributed by atoms with Crippen molar-refractivity contribution in [2.24, 2.45) is 0 Å². The van der Waals surface area contributed by atoms with Gasteiger partial charge in [0.1, 0.15) is 0 Å². The Morgan fingerprint density at radius 3 is 2.05 bits per heavy atom. The van der Waals surface area contributed by atoms with Crippen molar-refractivity contribution >= 4 is 22.5 Å². The van der Waals surface area contributed by atoms with Crippen LogP contribution in [0.2, 0.25) is 0 Å². The van der Waals surface area contributed by atoms with E-state index in [-0.39, 0.29) is 11.5 Å². The van der Waals surface area contributed by atoms with E-state index >= 15 is 0 Å². The SMILES string of the molecule is CC(C)c1ccc(C(C)S)c(S(=O)(=O)C(F)(F)F)c1. The standard InChI is InChI=1S/C12H15F3O2S2/c1-7(2)9-4-5-10(8(3)18)11(6-9)19(16,17)12(13,14)15/h4-8,18H,1-3H3. The van der Waals surface area contributed by atoms with Gasteiger partial charge < -0.3 is 0 Å². The van der Waals surface area contributed by atoms with E-state index in [1.165, 1.54) is 13.0 Å². The fourth-order valence-corrected chi connectivity index (χ4v) is 3.02. The molecule has 0 bridgehead atoms. The first-order chi connectivity index (χ1) is 8.48. The minimum atomic E-state index is -5.36. The second kappa shape index (κ2) is 5.36. The molecule has 19 heavy (non-hydrogen) atoms. The quantitative estimate of drug-likeness (QED) is 0.853. The van der Waals surface area contributed by atoms with E-state index < -0.39 is 25.5 Å². The van der Waals surface area contributed by atoms with Crippen molar-refractivity contribution in [2.75, 3.05) is 0 Å². The summed E-state index contributed by atoms with van der Waals surface area (Å²) in [6.07, 6.45) is 0. The maximum atomic E-state index is 12.7. The number of halogens is 3. The number of thiol groups is 1. The van der Waals surface area contributed by atoms with Gasteiger partial charge in [-0.1, -0.05) is 26.0 Å².